The van der Waals surface area contributed by atoms with E-state index in [2.05, 4.69) is 15.7 Å². The number of anilines is 1. The van der Waals surface area contributed by atoms with Gasteiger partial charge in [0.15, 0.2) is 0 Å². The fraction of sp³-hybridized carbons (Fsp3) is 0.158. The number of hydrogen-bond acceptors (Lipinski definition) is 4. The van der Waals surface area contributed by atoms with Crippen molar-refractivity contribution in [3.05, 3.63) is 83.4 Å². The second-order valence-electron chi connectivity index (χ2n) is 5.70. The van der Waals surface area contributed by atoms with E-state index in [0.717, 1.165) is 11.3 Å². The summed E-state index contributed by atoms with van der Waals surface area (Å²) in [4.78, 5) is 16.5. The third-order valence-corrected chi connectivity index (χ3v) is 4.03. The Balaban J connectivity index is 1.69. The van der Waals surface area contributed by atoms with Gasteiger partial charge in [-0.05, 0) is 42.0 Å². The smallest absolute Gasteiger partial charge is 0.251 e. The Labute approximate surface area is 156 Å². The maximum absolute atomic E-state index is 12.6. The molecule has 1 unspecified atom stereocenters. The highest BCUT2D eigenvalue weighted by Crippen LogP contribution is 2.19. The molecule has 3 aromatic rings. The number of imidazole rings is 1. The number of carbonyl (C=O) groups excluding carboxylic acids is 1. The van der Waals surface area contributed by atoms with Crippen LogP contribution in [0.2, 0.25) is 5.02 Å². The summed E-state index contributed by atoms with van der Waals surface area (Å²) in [5, 5.41) is 3.60. The van der Waals surface area contributed by atoms with Crippen LogP contribution in [0.1, 0.15) is 22.0 Å². The largest absolute Gasteiger partial charge is 0.382 e. The molecule has 2 N–H and O–H groups in total. The number of carbonyl (C=O) groups is 1. The Hall–Kier alpha value is -2.83. The van der Waals surface area contributed by atoms with Gasteiger partial charge in [0.05, 0.1) is 18.3 Å². The highest BCUT2D eigenvalue weighted by molar-refractivity contribution is 6.30. The molecule has 0 saturated heterocycles. The SMILES string of the molecule is COCC(NC(=O)c1ccc(Nn2ccnc2)cc1)c1cccc(Cl)c1. The predicted octanol–water partition coefficient (Wildman–Crippen LogP) is 3.53. The van der Waals surface area contributed by atoms with Gasteiger partial charge in [0.2, 0.25) is 0 Å². The zero-order chi connectivity index (χ0) is 18.4. The zero-order valence-corrected chi connectivity index (χ0v) is 15.0. The van der Waals surface area contributed by atoms with Crippen molar-refractivity contribution in [1.29, 1.82) is 0 Å². The number of hydrogen-bond donors (Lipinski definition) is 2. The van der Waals surface area contributed by atoms with Crippen molar-refractivity contribution in [3.8, 4) is 0 Å². The standard InChI is InChI=1S/C19H19ClN4O2/c1-26-12-18(15-3-2-4-16(20)11-15)22-19(25)14-5-7-17(8-6-14)23-24-10-9-21-13-24/h2-11,13,18,23H,12H2,1H3,(H,22,25). The lowest BCUT2D eigenvalue weighted by Crippen LogP contribution is -2.31. The molecular weight excluding hydrogens is 352 g/mol. The van der Waals surface area contributed by atoms with Crippen molar-refractivity contribution in [2.24, 2.45) is 0 Å². The fourth-order valence-electron chi connectivity index (χ4n) is 2.52. The normalized spacial score (nSPS) is 11.8. The number of aromatic nitrogens is 2. The summed E-state index contributed by atoms with van der Waals surface area (Å²) >= 11 is 6.05. The number of rotatable bonds is 7. The van der Waals surface area contributed by atoms with Crippen molar-refractivity contribution in [1.82, 2.24) is 15.0 Å². The summed E-state index contributed by atoms with van der Waals surface area (Å²) in [7, 11) is 1.60. The van der Waals surface area contributed by atoms with Gasteiger partial charge in [-0.15, -0.1) is 0 Å². The minimum Gasteiger partial charge on any atom is -0.382 e. The Kier molecular flexibility index (Phi) is 5.88. The van der Waals surface area contributed by atoms with Crippen LogP contribution in [-0.4, -0.2) is 29.3 Å². The lowest BCUT2D eigenvalue weighted by molar-refractivity contribution is 0.0896. The van der Waals surface area contributed by atoms with E-state index >= 15 is 0 Å². The molecule has 1 aromatic heterocycles. The average Bonchev–Trinajstić information content (AvgIpc) is 3.15. The van der Waals surface area contributed by atoms with E-state index in [0.29, 0.717) is 17.2 Å². The highest BCUT2D eigenvalue weighted by Gasteiger charge is 2.16. The van der Waals surface area contributed by atoms with E-state index in [-0.39, 0.29) is 11.9 Å². The van der Waals surface area contributed by atoms with Gasteiger partial charge in [-0.2, -0.15) is 0 Å². The average molecular weight is 371 g/mol. The van der Waals surface area contributed by atoms with Crippen LogP contribution in [0.25, 0.3) is 0 Å². The monoisotopic (exact) mass is 370 g/mol. The Morgan fingerprint density at radius 3 is 2.73 bits per heavy atom. The van der Waals surface area contributed by atoms with Gasteiger partial charge in [-0.1, -0.05) is 23.7 Å². The summed E-state index contributed by atoms with van der Waals surface area (Å²) in [6.45, 7) is 0.354. The number of nitrogens with zero attached hydrogens (tertiary/aromatic N) is 2. The van der Waals surface area contributed by atoms with Crippen molar-refractivity contribution < 1.29 is 9.53 Å². The van der Waals surface area contributed by atoms with Crippen LogP contribution in [-0.2, 0) is 4.74 Å². The summed E-state index contributed by atoms with van der Waals surface area (Å²) in [6.07, 6.45) is 5.13. The maximum Gasteiger partial charge on any atom is 0.251 e. The Morgan fingerprint density at radius 1 is 1.27 bits per heavy atom. The molecule has 6 nitrogen and oxygen atoms in total. The van der Waals surface area contributed by atoms with Crippen molar-refractivity contribution >= 4 is 23.2 Å². The van der Waals surface area contributed by atoms with E-state index in [9.17, 15) is 4.79 Å². The number of ether oxygens (including phenoxy) is 1. The van der Waals surface area contributed by atoms with E-state index in [1.807, 2.05) is 30.3 Å². The molecule has 26 heavy (non-hydrogen) atoms. The summed E-state index contributed by atoms with van der Waals surface area (Å²) in [5.74, 6) is -0.179. The van der Waals surface area contributed by atoms with Crippen molar-refractivity contribution in [3.63, 3.8) is 0 Å². The summed E-state index contributed by atoms with van der Waals surface area (Å²) in [5.41, 5.74) is 5.43. The van der Waals surface area contributed by atoms with Crippen molar-refractivity contribution in [2.75, 3.05) is 19.1 Å². The van der Waals surface area contributed by atoms with E-state index in [1.165, 1.54) is 0 Å². The van der Waals surface area contributed by atoms with Crippen LogP contribution in [0, 0.1) is 0 Å². The molecule has 1 heterocycles. The van der Waals surface area contributed by atoms with Gasteiger partial charge in [0.25, 0.3) is 5.91 Å². The molecule has 7 heteroatoms. The van der Waals surface area contributed by atoms with Crippen LogP contribution < -0.4 is 10.7 Å². The number of halogens is 1. The maximum atomic E-state index is 12.6. The minimum absolute atomic E-state index is 0.179. The molecule has 0 saturated carbocycles. The summed E-state index contributed by atoms with van der Waals surface area (Å²) in [6, 6.07) is 14.3. The minimum atomic E-state index is -0.282. The molecule has 1 atom stereocenters. The predicted molar refractivity (Wildman–Crippen MR) is 101 cm³/mol. The molecule has 0 aliphatic heterocycles. The molecule has 0 radical (unpaired) electrons. The van der Waals surface area contributed by atoms with Gasteiger partial charge >= 0.3 is 0 Å². The topological polar surface area (TPSA) is 68.2 Å². The second kappa shape index (κ2) is 8.51. The van der Waals surface area contributed by atoms with Gasteiger partial charge in [-0.25, -0.2) is 4.98 Å². The number of amides is 1. The summed E-state index contributed by atoms with van der Waals surface area (Å²) < 4.78 is 6.96. The quantitative estimate of drug-likeness (QED) is 0.667. The number of benzene rings is 2. The molecule has 0 spiro atoms. The first kappa shape index (κ1) is 18.0. The molecule has 134 valence electrons. The third-order valence-electron chi connectivity index (χ3n) is 3.80. The Morgan fingerprint density at radius 2 is 2.08 bits per heavy atom. The van der Waals surface area contributed by atoms with Gasteiger partial charge in [-0.3, -0.25) is 14.9 Å². The van der Waals surface area contributed by atoms with Gasteiger partial charge < -0.3 is 10.1 Å². The zero-order valence-electron chi connectivity index (χ0n) is 14.2. The van der Waals surface area contributed by atoms with Gasteiger partial charge in [0, 0.05) is 30.1 Å². The first-order valence-corrected chi connectivity index (χ1v) is 8.44. The van der Waals surface area contributed by atoms with Crippen LogP contribution in [0.15, 0.2) is 67.3 Å². The molecule has 0 aliphatic carbocycles. The van der Waals surface area contributed by atoms with Gasteiger partial charge in [0.1, 0.15) is 6.33 Å². The van der Waals surface area contributed by atoms with Crippen molar-refractivity contribution in [2.45, 2.75) is 6.04 Å². The number of nitrogens with one attached hydrogen (secondary N) is 2. The fourth-order valence-corrected chi connectivity index (χ4v) is 2.72. The third kappa shape index (κ3) is 4.62. The molecule has 2 aromatic carbocycles. The van der Waals surface area contributed by atoms with E-state index in [1.54, 1.807) is 48.7 Å². The molecule has 0 bridgehead atoms. The molecule has 0 fully saturated rings. The first-order valence-electron chi connectivity index (χ1n) is 8.06. The van der Waals surface area contributed by atoms with Crippen LogP contribution >= 0.6 is 11.6 Å². The highest BCUT2D eigenvalue weighted by atomic mass is 35.5. The lowest BCUT2D eigenvalue weighted by atomic mass is 10.1. The first-order chi connectivity index (χ1) is 12.7. The van der Waals surface area contributed by atoms with E-state index in [4.69, 9.17) is 16.3 Å². The molecule has 0 aliphatic rings. The van der Waals surface area contributed by atoms with Crippen LogP contribution in [0.5, 0.6) is 0 Å². The van der Waals surface area contributed by atoms with Crippen LogP contribution in [0.3, 0.4) is 0 Å². The molecular formula is C19H19ClN4O2. The lowest BCUT2D eigenvalue weighted by Gasteiger charge is -2.19. The molecule has 3 rings (SSSR count). The molecule has 1 amide bonds. The Bertz CT molecular complexity index is 850. The van der Waals surface area contributed by atoms with Crippen LogP contribution in [0.4, 0.5) is 5.69 Å². The number of methoxy groups -OCH3 is 1. The second-order valence-corrected chi connectivity index (χ2v) is 6.13. The van der Waals surface area contributed by atoms with E-state index < -0.39 is 0 Å².